The number of nitrogens with zero attached hydrogens (tertiary/aromatic N) is 1. The number of carbonyl (C=O) groups is 1. The van der Waals surface area contributed by atoms with E-state index in [0.717, 1.165) is 30.2 Å². The van der Waals surface area contributed by atoms with E-state index in [9.17, 15) is 9.90 Å². The van der Waals surface area contributed by atoms with Crippen LogP contribution in [0.3, 0.4) is 0 Å². The number of unbranched alkanes of at least 4 members (excludes halogenated alkanes) is 2. The molecule has 2 aromatic rings. The fourth-order valence-corrected chi connectivity index (χ4v) is 2.00. The zero-order valence-electron chi connectivity index (χ0n) is 10.5. The lowest BCUT2D eigenvalue weighted by atomic mass is 10.0. The molecule has 3 heteroatoms. The topological polar surface area (TPSA) is 50.2 Å². The first-order valence-corrected chi connectivity index (χ1v) is 6.33. The predicted molar refractivity (Wildman–Crippen MR) is 71.9 cm³/mol. The quantitative estimate of drug-likeness (QED) is 0.643. The molecule has 1 heterocycles. The molecule has 18 heavy (non-hydrogen) atoms. The number of aromatic nitrogens is 1. The number of ketones is 1. The van der Waals surface area contributed by atoms with Crippen molar-refractivity contribution < 1.29 is 9.90 Å². The number of hydrogen-bond donors (Lipinski definition) is 1. The van der Waals surface area contributed by atoms with Crippen LogP contribution in [-0.2, 0) is 0 Å². The third-order valence-corrected chi connectivity index (χ3v) is 3.03. The smallest absolute Gasteiger partial charge is 0.166 e. The SMILES string of the molecule is CCCCCC(=O)c1cc2ncccc2cc1O. The molecule has 0 bridgehead atoms. The van der Waals surface area contributed by atoms with Crippen LogP contribution in [0.25, 0.3) is 10.9 Å². The normalized spacial score (nSPS) is 10.7. The first-order valence-electron chi connectivity index (χ1n) is 6.33. The lowest BCUT2D eigenvalue weighted by molar-refractivity contribution is 0.0977. The largest absolute Gasteiger partial charge is 0.507 e. The summed E-state index contributed by atoms with van der Waals surface area (Å²) >= 11 is 0. The number of carbonyl (C=O) groups excluding carboxylic acids is 1. The fraction of sp³-hybridized carbons (Fsp3) is 0.333. The molecule has 0 saturated heterocycles. The number of benzene rings is 1. The monoisotopic (exact) mass is 243 g/mol. The summed E-state index contributed by atoms with van der Waals surface area (Å²) in [6, 6.07) is 6.96. The average Bonchev–Trinajstić information content (AvgIpc) is 2.38. The molecule has 0 unspecified atom stereocenters. The summed E-state index contributed by atoms with van der Waals surface area (Å²) in [6.45, 7) is 2.10. The highest BCUT2D eigenvalue weighted by Gasteiger charge is 2.12. The van der Waals surface area contributed by atoms with E-state index in [4.69, 9.17) is 0 Å². The van der Waals surface area contributed by atoms with Gasteiger partial charge < -0.3 is 5.11 Å². The van der Waals surface area contributed by atoms with Crippen molar-refractivity contribution in [2.75, 3.05) is 0 Å². The predicted octanol–water partition coefficient (Wildman–Crippen LogP) is 3.70. The molecule has 0 fully saturated rings. The molecule has 0 aliphatic carbocycles. The summed E-state index contributed by atoms with van der Waals surface area (Å²) < 4.78 is 0. The molecular weight excluding hydrogens is 226 g/mol. The number of aromatic hydroxyl groups is 1. The Morgan fingerprint density at radius 1 is 1.33 bits per heavy atom. The molecule has 0 aliphatic heterocycles. The van der Waals surface area contributed by atoms with E-state index >= 15 is 0 Å². The maximum atomic E-state index is 12.0. The Morgan fingerprint density at radius 3 is 2.94 bits per heavy atom. The maximum Gasteiger partial charge on any atom is 0.166 e. The van der Waals surface area contributed by atoms with Crippen molar-refractivity contribution in [3.8, 4) is 5.75 Å². The van der Waals surface area contributed by atoms with E-state index in [2.05, 4.69) is 11.9 Å². The molecule has 0 saturated carbocycles. The summed E-state index contributed by atoms with van der Waals surface area (Å²) in [7, 11) is 0. The van der Waals surface area contributed by atoms with Crippen LogP contribution in [0, 0.1) is 0 Å². The molecule has 0 aliphatic rings. The van der Waals surface area contributed by atoms with Crippen molar-refractivity contribution in [3.05, 3.63) is 36.0 Å². The van der Waals surface area contributed by atoms with Gasteiger partial charge in [-0.2, -0.15) is 0 Å². The maximum absolute atomic E-state index is 12.0. The number of phenolic OH excluding ortho intramolecular Hbond substituents is 1. The van der Waals surface area contributed by atoms with Crippen molar-refractivity contribution in [1.82, 2.24) is 4.98 Å². The van der Waals surface area contributed by atoms with Gasteiger partial charge in [-0.15, -0.1) is 0 Å². The lowest BCUT2D eigenvalue weighted by Gasteiger charge is -2.05. The minimum absolute atomic E-state index is 0.00602. The molecule has 1 N–H and O–H groups in total. The van der Waals surface area contributed by atoms with Gasteiger partial charge in [0.05, 0.1) is 11.1 Å². The van der Waals surface area contributed by atoms with Gasteiger partial charge in [0.2, 0.25) is 0 Å². The molecule has 0 radical (unpaired) electrons. The van der Waals surface area contributed by atoms with Crippen molar-refractivity contribution >= 4 is 16.7 Å². The molecule has 0 atom stereocenters. The highest BCUT2D eigenvalue weighted by Crippen LogP contribution is 2.25. The minimum atomic E-state index is -0.00602. The third kappa shape index (κ3) is 2.67. The van der Waals surface area contributed by atoms with Gasteiger partial charge >= 0.3 is 0 Å². The Morgan fingerprint density at radius 2 is 2.17 bits per heavy atom. The Bertz CT molecular complexity index is 563. The van der Waals surface area contributed by atoms with Crippen molar-refractivity contribution in [2.24, 2.45) is 0 Å². The zero-order valence-corrected chi connectivity index (χ0v) is 10.5. The van der Waals surface area contributed by atoms with Crippen LogP contribution in [0.15, 0.2) is 30.5 Å². The second-order valence-corrected chi connectivity index (χ2v) is 4.45. The first kappa shape index (κ1) is 12.6. The fourth-order valence-electron chi connectivity index (χ4n) is 2.00. The molecule has 1 aromatic carbocycles. The zero-order chi connectivity index (χ0) is 13.0. The van der Waals surface area contributed by atoms with Gasteiger partial charge in [0, 0.05) is 18.0 Å². The van der Waals surface area contributed by atoms with Crippen LogP contribution in [0.5, 0.6) is 5.75 Å². The molecule has 0 amide bonds. The van der Waals surface area contributed by atoms with Crippen LogP contribution in [0.4, 0.5) is 0 Å². The molecule has 0 spiro atoms. The third-order valence-electron chi connectivity index (χ3n) is 3.03. The number of phenols is 1. The van der Waals surface area contributed by atoms with Gasteiger partial charge in [-0.25, -0.2) is 0 Å². The molecule has 2 rings (SSSR count). The highest BCUT2D eigenvalue weighted by molar-refractivity contribution is 6.02. The summed E-state index contributed by atoms with van der Waals surface area (Å²) in [5, 5.41) is 10.7. The van der Waals surface area contributed by atoms with E-state index in [1.165, 1.54) is 0 Å². The average molecular weight is 243 g/mol. The lowest BCUT2D eigenvalue weighted by Crippen LogP contribution is -2.00. The molecule has 94 valence electrons. The number of Topliss-reactive ketones (excluding diaryl/α,β-unsaturated/α-hetero) is 1. The van der Waals surface area contributed by atoms with Gasteiger partial charge in [0.1, 0.15) is 5.75 Å². The standard InChI is InChI=1S/C15H17NO2/c1-2-3-4-7-14(17)12-10-13-11(9-15(12)18)6-5-8-16-13/h5-6,8-10,18H,2-4,7H2,1H3. The van der Waals surface area contributed by atoms with Crippen molar-refractivity contribution in [3.63, 3.8) is 0 Å². The minimum Gasteiger partial charge on any atom is -0.507 e. The molecule has 3 nitrogen and oxygen atoms in total. The van der Waals surface area contributed by atoms with Crippen LogP contribution >= 0.6 is 0 Å². The van der Waals surface area contributed by atoms with Crippen molar-refractivity contribution in [1.29, 1.82) is 0 Å². The second kappa shape index (κ2) is 5.63. The number of fused-ring (bicyclic) bond motifs is 1. The number of rotatable bonds is 5. The summed E-state index contributed by atoms with van der Waals surface area (Å²) in [5.74, 6) is 0.0468. The summed E-state index contributed by atoms with van der Waals surface area (Å²) in [6.07, 6.45) is 5.16. The van der Waals surface area contributed by atoms with Gasteiger partial charge in [-0.1, -0.05) is 25.8 Å². The molecular formula is C15H17NO2. The van der Waals surface area contributed by atoms with Gasteiger partial charge in [0.25, 0.3) is 0 Å². The van der Waals surface area contributed by atoms with Gasteiger partial charge in [-0.05, 0) is 24.6 Å². The Hall–Kier alpha value is -1.90. The van der Waals surface area contributed by atoms with Gasteiger partial charge in [0.15, 0.2) is 5.78 Å². The van der Waals surface area contributed by atoms with Crippen LogP contribution in [0.2, 0.25) is 0 Å². The van der Waals surface area contributed by atoms with E-state index < -0.39 is 0 Å². The van der Waals surface area contributed by atoms with Crippen LogP contribution in [-0.4, -0.2) is 15.9 Å². The Labute approximate surface area is 106 Å². The van der Waals surface area contributed by atoms with E-state index in [1.807, 2.05) is 12.1 Å². The summed E-state index contributed by atoms with van der Waals surface area (Å²) in [4.78, 5) is 16.2. The van der Waals surface area contributed by atoms with E-state index in [1.54, 1.807) is 18.3 Å². The van der Waals surface area contributed by atoms with Crippen LogP contribution < -0.4 is 0 Å². The van der Waals surface area contributed by atoms with Gasteiger partial charge in [-0.3, -0.25) is 9.78 Å². The summed E-state index contributed by atoms with van der Waals surface area (Å²) in [5.41, 5.74) is 1.13. The van der Waals surface area contributed by atoms with Crippen LogP contribution in [0.1, 0.15) is 43.0 Å². The highest BCUT2D eigenvalue weighted by atomic mass is 16.3. The van der Waals surface area contributed by atoms with Crippen molar-refractivity contribution in [2.45, 2.75) is 32.6 Å². The molecule has 1 aromatic heterocycles. The van der Waals surface area contributed by atoms with E-state index in [0.29, 0.717) is 12.0 Å². The second-order valence-electron chi connectivity index (χ2n) is 4.45. The van der Waals surface area contributed by atoms with E-state index in [-0.39, 0.29) is 11.5 Å². The Balaban J connectivity index is 2.27. The first-order chi connectivity index (χ1) is 8.72. The Kier molecular flexibility index (Phi) is 3.92. The number of pyridine rings is 1. The number of hydrogen-bond acceptors (Lipinski definition) is 3.